The summed E-state index contributed by atoms with van der Waals surface area (Å²) < 4.78 is 1.45. The Kier molecular flexibility index (Phi) is 3.41. The summed E-state index contributed by atoms with van der Waals surface area (Å²) in [4.78, 5) is 11.4. The van der Waals surface area contributed by atoms with Crippen molar-refractivity contribution in [2.75, 3.05) is 0 Å². The average Bonchev–Trinajstić information content (AvgIpc) is 2.93. The summed E-state index contributed by atoms with van der Waals surface area (Å²) in [6, 6.07) is 16.2. The van der Waals surface area contributed by atoms with Gasteiger partial charge in [-0.25, -0.2) is 9.48 Å². The molecule has 104 valence electrons. The maximum absolute atomic E-state index is 11.4. The first-order chi connectivity index (χ1) is 10.2. The maximum atomic E-state index is 11.4. The van der Waals surface area contributed by atoms with Crippen LogP contribution >= 0.6 is 11.6 Å². The van der Waals surface area contributed by atoms with Crippen molar-refractivity contribution in [1.82, 2.24) is 15.0 Å². The van der Waals surface area contributed by atoms with E-state index in [-0.39, 0.29) is 5.69 Å². The molecule has 1 aromatic heterocycles. The van der Waals surface area contributed by atoms with Gasteiger partial charge in [0, 0.05) is 5.56 Å². The molecule has 0 saturated heterocycles. The van der Waals surface area contributed by atoms with Crippen molar-refractivity contribution >= 4 is 17.6 Å². The second-order valence-electron chi connectivity index (χ2n) is 4.32. The maximum Gasteiger partial charge on any atom is 0.358 e. The van der Waals surface area contributed by atoms with Crippen molar-refractivity contribution in [2.45, 2.75) is 0 Å². The second-order valence-corrected chi connectivity index (χ2v) is 4.73. The van der Waals surface area contributed by atoms with Gasteiger partial charge in [0.05, 0.1) is 10.7 Å². The Bertz CT molecular complexity index is 800. The Hall–Kier alpha value is -2.66. The summed E-state index contributed by atoms with van der Waals surface area (Å²) in [5.41, 5.74) is 1.58. The first kappa shape index (κ1) is 13.3. The minimum atomic E-state index is -1.13. The zero-order valence-electron chi connectivity index (χ0n) is 10.8. The summed E-state index contributed by atoms with van der Waals surface area (Å²) in [5, 5.41) is 17.5. The standard InChI is InChI=1S/C15H10ClN3O2/c16-11-8-4-5-9-12(11)19-14(10-6-2-1-3-7-10)13(15(20)21)17-18-19/h1-9H,(H,20,21). The minimum Gasteiger partial charge on any atom is -0.476 e. The van der Waals surface area contributed by atoms with Crippen LogP contribution in [0.25, 0.3) is 16.9 Å². The van der Waals surface area contributed by atoms with Crippen LogP contribution in [-0.4, -0.2) is 26.1 Å². The van der Waals surface area contributed by atoms with Crippen LogP contribution in [0.3, 0.4) is 0 Å². The number of aromatic nitrogens is 3. The highest BCUT2D eigenvalue weighted by molar-refractivity contribution is 6.32. The van der Waals surface area contributed by atoms with E-state index in [2.05, 4.69) is 10.3 Å². The van der Waals surface area contributed by atoms with Crippen LogP contribution in [0.5, 0.6) is 0 Å². The number of hydrogen-bond donors (Lipinski definition) is 1. The number of carbonyl (C=O) groups is 1. The fourth-order valence-electron chi connectivity index (χ4n) is 2.07. The van der Waals surface area contributed by atoms with Crippen molar-refractivity contribution < 1.29 is 9.90 Å². The molecule has 0 fully saturated rings. The Labute approximate surface area is 125 Å². The number of nitrogens with zero attached hydrogens (tertiary/aromatic N) is 3. The molecule has 1 N–H and O–H groups in total. The van der Waals surface area contributed by atoms with Gasteiger partial charge in [-0.15, -0.1) is 5.10 Å². The van der Waals surface area contributed by atoms with Crippen molar-refractivity contribution in [3.63, 3.8) is 0 Å². The lowest BCUT2D eigenvalue weighted by atomic mass is 10.1. The smallest absolute Gasteiger partial charge is 0.358 e. The van der Waals surface area contributed by atoms with Gasteiger partial charge in [-0.1, -0.05) is 59.3 Å². The summed E-state index contributed by atoms with van der Waals surface area (Å²) in [6.07, 6.45) is 0. The van der Waals surface area contributed by atoms with Crippen LogP contribution in [-0.2, 0) is 0 Å². The summed E-state index contributed by atoms with van der Waals surface area (Å²) in [5.74, 6) is -1.13. The van der Waals surface area contributed by atoms with Gasteiger partial charge in [-0.2, -0.15) is 0 Å². The van der Waals surface area contributed by atoms with E-state index in [0.29, 0.717) is 22.0 Å². The Morgan fingerprint density at radius 2 is 1.71 bits per heavy atom. The summed E-state index contributed by atoms with van der Waals surface area (Å²) >= 11 is 6.17. The van der Waals surface area contributed by atoms with Gasteiger partial charge in [0.1, 0.15) is 5.69 Å². The number of aromatic carboxylic acids is 1. The van der Waals surface area contributed by atoms with Gasteiger partial charge in [-0.3, -0.25) is 0 Å². The highest BCUT2D eigenvalue weighted by atomic mass is 35.5. The summed E-state index contributed by atoms with van der Waals surface area (Å²) in [6.45, 7) is 0. The van der Waals surface area contributed by atoms with E-state index in [0.717, 1.165) is 0 Å². The number of hydrogen-bond acceptors (Lipinski definition) is 3. The fraction of sp³-hybridized carbons (Fsp3) is 0. The molecule has 6 heteroatoms. The van der Waals surface area contributed by atoms with Crippen molar-refractivity contribution in [3.8, 4) is 16.9 Å². The molecule has 3 rings (SSSR count). The molecule has 0 aliphatic rings. The molecule has 0 saturated carbocycles. The lowest BCUT2D eigenvalue weighted by Crippen LogP contribution is -2.03. The zero-order valence-corrected chi connectivity index (χ0v) is 11.5. The molecule has 21 heavy (non-hydrogen) atoms. The minimum absolute atomic E-state index is 0.110. The van der Waals surface area contributed by atoms with Crippen LogP contribution in [0, 0.1) is 0 Å². The molecule has 0 aliphatic heterocycles. The predicted molar refractivity (Wildman–Crippen MR) is 78.8 cm³/mol. The molecular weight excluding hydrogens is 290 g/mol. The first-order valence-electron chi connectivity index (χ1n) is 6.18. The molecule has 3 aromatic rings. The Morgan fingerprint density at radius 1 is 1.05 bits per heavy atom. The first-order valence-corrected chi connectivity index (χ1v) is 6.55. The normalized spacial score (nSPS) is 10.5. The quantitative estimate of drug-likeness (QED) is 0.806. The molecule has 1 heterocycles. The van der Waals surface area contributed by atoms with Crippen LogP contribution in [0.4, 0.5) is 0 Å². The van der Waals surface area contributed by atoms with Gasteiger partial charge in [0.2, 0.25) is 0 Å². The topological polar surface area (TPSA) is 68.0 Å². The van der Waals surface area contributed by atoms with Gasteiger partial charge in [0.15, 0.2) is 5.69 Å². The van der Waals surface area contributed by atoms with E-state index in [4.69, 9.17) is 11.6 Å². The molecule has 0 unspecified atom stereocenters. The molecule has 0 atom stereocenters. The largest absolute Gasteiger partial charge is 0.476 e. The number of carboxylic acid groups (broad SMARTS) is 1. The number of carboxylic acids is 1. The molecule has 5 nitrogen and oxygen atoms in total. The molecule has 0 bridgehead atoms. The molecular formula is C15H10ClN3O2. The van der Waals surface area contributed by atoms with Crippen molar-refractivity contribution in [2.24, 2.45) is 0 Å². The van der Waals surface area contributed by atoms with E-state index >= 15 is 0 Å². The Morgan fingerprint density at radius 3 is 2.38 bits per heavy atom. The summed E-state index contributed by atoms with van der Waals surface area (Å²) in [7, 11) is 0. The molecule has 0 radical (unpaired) electrons. The van der Waals surface area contributed by atoms with Crippen LogP contribution in [0.2, 0.25) is 5.02 Å². The van der Waals surface area contributed by atoms with E-state index in [1.54, 1.807) is 36.4 Å². The van der Waals surface area contributed by atoms with E-state index in [9.17, 15) is 9.90 Å². The number of para-hydroxylation sites is 1. The van der Waals surface area contributed by atoms with Crippen LogP contribution in [0.15, 0.2) is 54.6 Å². The van der Waals surface area contributed by atoms with Crippen LogP contribution in [0.1, 0.15) is 10.5 Å². The molecule has 2 aromatic carbocycles. The molecule has 0 spiro atoms. The number of benzene rings is 2. The lowest BCUT2D eigenvalue weighted by Gasteiger charge is -2.08. The van der Waals surface area contributed by atoms with E-state index < -0.39 is 5.97 Å². The molecule has 0 aliphatic carbocycles. The van der Waals surface area contributed by atoms with Crippen molar-refractivity contribution in [3.05, 3.63) is 65.3 Å². The van der Waals surface area contributed by atoms with Crippen LogP contribution < -0.4 is 0 Å². The van der Waals surface area contributed by atoms with E-state index in [1.807, 2.05) is 18.2 Å². The second kappa shape index (κ2) is 5.38. The van der Waals surface area contributed by atoms with Crippen molar-refractivity contribution in [1.29, 1.82) is 0 Å². The SMILES string of the molecule is O=C(O)c1nnn(-c2ccccc2Cl)c1-c1ccccc1. The van der Waals surface area contributed by atoms with Gasteiger partial charge >= 0.3 is 5.97 Å². The lowest BCUT2D eigenvalue weighted by molar-refractivity contribution is 0.0691. The third-order valence-corrected chi connectivity index (χ3v) is 3.32. The monoisotopic (exact) mass is 299 g/mol. The highest BCUT2D eigenvalue weighted by Gasteiger charge is 2.22. The number of rotatable bonds is 3. The Balaban J connectivity index is 2.28. The van der Waals surface area contributed by atoms with E-state index in [1.165, 1.54) is 4.68 Å². The average molecular weight is 300 g/mol. The van der Waals surface area contributed by atoms with Gasteiger partial charge in [-0.05, 0) is 12.1 Å². The zero-order chi connectivity index (χ0) is 14.8. The predicted octanol–water partition coefficient (Wildman–Crippen LogP) is 3.29. The van der Waals surface area contributed by atoms with Gasteiger partial charge in [0.25, 0.3) is 0 Å². The number of halogens is 1. The highest BCUT2D eigenvalue weighted by Crippen LogP contribution is 2.28. The third kappa shape index (κ3) is 2.39. The fourth-order valence-corrected chi connectivity index (χ4v) is 2.29. The molecule has 0 amide bonds. The van der Waals surface area contributed by atoms with Gasteiger partial charge < -0.3 is 5.11 Å². The third-order valence-electron chi connectivity index (χ3n) is 3.00.